The van der Waals surface area contributed by atoms with Crippen molar-refractivity contribution in [2.45, 2.75) is 33.0 Å². The number of amides is 2. The molecular weight excluding hydrogens is 474 g/mol. The molecule has 0 aliphatic carbocycles. The van der Waals surface area contributed by atoms with E-state index >= 15 is 0 Å². The van der Waals surface area contributed by atoms with E-state index in [1.165, 1.54) is 10.9 Å². The first-order valence-electron chi connectivity index (χ1n) is 9.98. The van der Waals surface area contributed by atoms with Gasteiger partial charge in [-0.05, 0) is 51.1 Å². The van der Waals surface area contributed by atoms with Gasteiger partial charge in [0, 0.05) is 29.3 Å². The molecule has 0 fully saturated rings. The minimum Gasteiger partial charge on any atom is -0.322 e. The van der Waals surface area contributed by atoms with Crippen molar-refractivity contribution < 1.29 is 27.2 Å². The van der Waals surface area contributed by atoms with Crippen molar-refractivity contribution in [1.29, 1.82) is 0 Å². The van der Waals surface area contributed by atoms with Crippen LogP contribution in [0.15, 0.2) is 36.5 Å². The van der Waals surface area contributed by atoms with Crippen molar-refractivity contribution in [3.05, 3.63) is 70.6 Å². The van der Waals surface area contributed by atoms with E-state index in [-0.39, 0.29) is 37.0 Å². The second kappa shape index (κ2) is 9.09. The molecule has 3 aromatic rings. The average Bonchev–Trinajstić information content (AvgIpc) is 3.15. The van der Waals surface area contributed by atoms with Gasteiger partial charge in [0.2, 0.25) is 0 Å². The first-order valence-corrected chi connectivity index (χ1v) is 9.98. The molecule has 2 aromatic heterocycles. The van der Waals surface area contributed by atoms with E-state index in [9.17, 15) is 27.2 Å². The molecule has 7 nitrogen and oxygen atoms in total. The van der Waals surface area contributed by atoms with E-state index in [1.807, 2.05) is 0 Å². The number of rotatable bonds is 3. The second-order valence-electron chi connectivity index (χ2n) is 7.87. The van der Waals surface area contributed by atoms with Crippen LogP contribution in [0.25, 0.3) is 0 Å². The van der Waals surface area contributed by atoms with Gasteiger partial charge in [-0.15, -0.1) is 0 Å². The Kier molecular flexibility index (Phi) is 6.74. The van der Waals surface area contributed by atoms with Crippen LogP contribution >= 0.6 is 13.5 Å². The highest BCUT2D eigenvalue weighted by atomic mass is 32.1. The maximum Gasteiger partial charge on any atom is 0.419 e. The molecule has 0 radical (unpaired) electrons. The smallest absolute Gasteiger partial charge is 0.322 e. The van der Waals surface area contributed by atoms with E-state index in [0.717, 1.165) is 11.0 Å². The molecule has 1 atom stereocenters. The Bertz CT molecular complexity index is 1250. The molecule has 0 spiro atoms. The summed E-state index contributed by atoms with van der Waals surface area (Å²) in [5.41, 5.74) is 0.381. The number of anilines is 2. The van der Waals surface area contributed by atoms with Gasteiger partial charge in [0.25, 0.3) is 11.8 Å². The van der Waals surface area contributed by atoms with Gasteiger partial charge in [0.15, 0.2) is 0 Å². The lowest BCUT2D eigenvalue weighted by atomic mass is 10.1. The Morgan fingerprint density at radius 2 is 1.79 bits per heavy atom. The second-order valence-corrected chi connectivity index (χ2v) is 7.87. The molecule has 34 heavy (non-hydrogen) atoms. The van der Waals surface area contributed by atoms with Crippen molar-refractivity contribution in [2.24, 2.45) is 0 Å². The predicted octanol–water partition coefficient (Wildman–Crippen LogP) is 4.64. The largest absolute Gasteiger partial charge is 0.419 e. The summed E-state index contributed by atoms with van der Waals surface area (Å²) in [5, 5.41) is 6.86. The number of carbonyl (C=O) groups excluding carboxylic acids is 2. The lowest BCUT2D eigenvalue weighted by Gasteiger charge is -2.32. The first kappa shape index (κ1) is 25.2. The number of pyridine rings is 1. The van der Waals surface area contributed by atoms with Gasteiger partial charge in [0.1, 0.15) is 11.5 Å². The van der Waals surface area contributed by atoms with Gasteiger partial charge in [0.05, 0.1) is 23.4 Å². The monoisotopic (exact) mass is 495 g/mol. The number of benzene rings is 1. The molecule has 1 aliphatic rings. The first-order chi connectivity index (χ1) is 15.5. The highest BCUT2D eigenvalue weighted by Gasteiger charge is 2.37. The molecule has 180 valence electrons. The SMILES string of the molecule is Cc1cc(NC(=O)c2cnn3c2C(=O)N(c2ccc(C(F)(F)F)c(F)c2)C[C@@H]3C)cc(C)n1.S. The zero-order valence-electron chi connectivity index (χ0n) is 18.4. The number of hydrogen-bond acceptors (Lipinski definition) is 4. The Labute approximate surface area is 199 Å². The average molecular weight is 496 g/mol. The minimum atomic E-state index is -4.85. The van der Waals surface area contributed by atoms with Crippen molar-refractivity contribution >= 4 is 36.7 Å². The third-order valence-electron chi connectivity index (χ3n) is 5.26. The van der Waals surface area contributed by atoms with Gasteiger partial charge in [-0.3, -0.25) is 19.3 Å². The normalized spacial score (nSPS) is 15.6. The van der Waals surface area contributed by atoms with Gasteiger partial charge in [-0.25, -0.2) is 4.39 Å². The summed E-state index contributed by atoms with van der Waals surface area (Å²) in [5.74, 6) is -2.74. The number of fused-ring (bicyclic) bond motifs is 1. The van der Waals surface area contributed by atoms with Crippen LogP contribution in [0.1, 0.15) is 50.8 Å². The maximum atomic E-state index is 14.1. The summed E-state index contributed by atoms with van der Waals surface area (Å²) >= 11 is 0. The van der Waals surface area contributed by atoms with E-state index < -0.39 is 35.4 Å². The molecule has 2 amide bonds. The van der Waals surface area contributed by atoms with E-state index in [1.54, 1.807) is 32.9 Å². The highest BCUT2D eigenvalue weighted by Crippen LogP contribution is 2.35. The molecule has 0 saturated heterocycles. The third kappa shape index (κ3) is 4.63. The molecule has 1 aromatic carbocycles. The van der Waals surface area contributed by atoms with Crippen LogP contribution in [-0.2, 0) is 6.18 Å². The van der Waals surface area contributed by atoms with E-state index in [4.69, 9.17) is 0 Å². The molecule has 0 bridgehead atoms. The molecule has 3 heterocycles. The van der Waals surface area contributed by atoms with Crippen molar-refractivity contribution in [3.8, 4) is 0 Å². The number of aromatic nitrogens is 3. The van der Waals surface area contributed by atoms with Crippen LogP contribution in [0.5, 0.6) is 0 Å². The lowest BCUT2D eigenvalue weighted by Crippen LogP contribution is -2.43. The maximum absolute atomic E-state index is 14.1. The summed E-state index contributed by atoms with van der Waals surface area (Å²) < 4.78 is 54.2. The van der Waals surface area contributed by atoms with Gasteiger partial charge in [-0.1, -0.05) is 0 Å². The molecule has 4 rings (SSSR count). The van der Waals surface area contributed by atoms with Crippen LogP contribution in [-0.4, -0.2) is 33.1 Å². The summed E-state index contributed by atoms with van der Waals surface area (Å²) in [6.07, 6.45) is -3.59. The number of aryl methyl sites for hydroxylation is 2. The van der Waals surface area contributed by atoms with Crippen LogP contribution in [0.3, 0.4) is 0 Å². The highest BCUT2D eigenvalue weighted by molar-refractivity contribution is 7.59. The molecule has 12 heteroatoms. The molecule has 0 saturated carbocycles. The van der Waals surface area contributed by atoms with Crippen molar-refractivity contribution in [3.63, 3.8) is 0 Å². The van der Waals surface area contributed by atoms with Crippen molar-refractivity contribution in [2.75, 3.05) is 16.8 Å². The number of halogens is 4. The Morgan fingerprint density at radius 3 is 2.38 bits per heavy atom. The fraction of sp³-hybridized carbons (Fsp3) is 0.273. The predicted molar refractivity (Wildman–Crippen MR) is 122 cm³/mol. The van der Waals surface area contributed by atoms with E-state index in [2.05, 4.69) is 15.4 Å². The Hall–Kier alpha value is -3.41. The van der Waals surface area contributed by atoms with Gasteiger partial charge in [-0.2, -0.15) is 31.8 Å². The van der Waals surface area contributed by atoms with Crippen LogP contribution < -0.4 is 10.2 Å². The van der Waals surface area contributed by atoms with Crippen LogP contribution in [0.2, 0.25) is 0 Å². The fourth-order valence-corrected chi connectivity index (χ4v) is 3.86. The van der Waals surface area contributed by atoms with Crippen LogP contribution in [0.4, 0.5) is 28.9 Å². The Morgan fingerprint density at radius 1 is 1.15 bits per heavy atom. The Balaban J connectivity index is 0.00000324. The lowest BCUT2D eigenvalue weighted by molar-refractivity contribution is -0.139. The minimum absolute atomic E-state index is 0. The molecule has 1 N–H and O–H groups in total. The zero-order valence-corrected chi connectivity index (χ0v) is 19.4. The van der Waals surface area contributed by atoms with Crippen molar-refractivity contribution in [1.82, 2.24) is 14.8 Å². The number of carbonyl (C=O) groups is 2. The number of nitrogens with zero attached hydrogens (tertiary/aromatic N) is 4. The summed E-state index contributed by atoms with van der Waals surface area (Å²) in [6, 6.07) is 5.23. The third-order valence-corrected chi connectivity index (χ3v) is 5.26. The molecule has 1 aliphatic heterocycles. The molecular formula is C22H21F4N5O2S. The zero-order chi connectivity index (χ0) is 24.1. The topological polar surface area (TPSA) is 80.1 Å². The summed E-state index contributed by atoms with van der Waals surface area (Å²) in [7, 11) is 0. The summed E-state index contributed by atoms with van der Waals surface area (Å²) in [6.45, 7) is 5.32. The molecule has 0 unspecified atom stereocenters. The van der Waals surface area contributed by atoms with Crippen LogP contribution in [0, 0.1) is 19.7 Å². The standard InChI is InChI=1S/C22H19F4N5O2.H2S/c1-11-6-14(7-12(2)28-11)29-20(32)16-9-27-31-13(3)10-30(21(33)19(16)31)15-4-5-17(18(23)8-15)22(24,25)26;/h4-9,13H,10H2,1-3H3,(H,28,29,32);1H2/t13-;/m0./s1. The number of alkyl halides is 3. The number of nitrogens with one attached hydrogen (secondary N) is 1. The quantitative estimate of drug-likeness (QED) is 0.537. The fourth-order valence-electron chi connectivity index (χ4n) is 3.86. The van der Waals surface area contributed by atoms with E-state index in [0.29, 0.717) is 29.2 Å². The van der Waals surface area contributed by atoms with Gasteiger partial charge < -0.3 is 10.2 Å². The van der Waals surface area contributed by atoms with Gasteiger partial charge >= 0.3 is 6.18 Å². The number of hydrogen-bond donors (Lipinski definition) is 1. The summed E-state index contributed by atoms with van der Waals surface area (Å²) in [4.78, 5) is 31.5.